The molecule has 0 aliphatic carbocycles. The maximum absolute atomic E-state index is 5.75. The van der Waals surface area contributed by atoms with Crippen LogP contribution >= 0.6 is 0 Å². The number of nitrogens with two attached hydrogens (primary N) is 1. The van der Waals surface area contributed by atoms with Crippen molar-refractivity contribution in [3.05, 3.63) is 29.8 Å². The molecule has 0 amide bonds. The third kappa shape index (κ3) is 4.75. The third-order valence-corrected chi connectivity index (χ3v) is 2.99. The van der Waals surface area contributed by atoms with Gasteiger partial charge in [0.2, 0.25) is 0 Å². The lowest BCUT2D eigenvalue weighted by molar-refractivity contribution is 0.233. The van der Waals surface area contributed by atoms with Crippen molar-refractivity contribution in [3.63, 3.8) is 0 Å². The molecule has 96 valence electrons. The van der Waals surface area contributed by atoms with Crippen molar-refractivity contribution < 1.29 is 4.74 Å². The first-order valence-electron chi connectivity index (χ1n) is 6.26. The summed E-state index contributed by atoms with van der Waals surface area (Å²) in [7, 11) is 2.14. The van der Waals surface area contributed by atoms with Crippen molar-refractivity contribution >= 4 is 0 Å². The van der Waals surface area contributed by atoms with Gasteiger partial charge in [-0.15, -0.1) is 0 Å². The molecule has 0 spiro atoms. The Hall–Kier alpha value is -1.06. The van der Waals surface area contributed by atoms with E-state index in [4.69, 9.17) is 10.5 Å². The molecule has 0 saturated heterocycles. The second kappa shape index (κ2) is 7.30. The summed E-state index contributed by atoms with van der Waals surface area (Å²) in [6, 6.07) is 8.55. The van der Waals surface area contributed by atoms with E-state index in [9.17, 15) is 0 Å². The number of rotatable bonds is 7. The zero-order chi connectivity index (χ0) is 12.7. The zero-order valence-electron chi connectivity index (χ0n) is 11.1. The summed E-state index contributed by atoms with van der Waals surface area (Å²) in [4.78, 5) is 2.32. The number of para-hydroxylation sites is 1. The quantitative estimate of drug-likeness (QED) is 0.738. The Labute approximate surface area is 105 Å². The Morgan fingerprint density at radius 1 is 1.29 bits per heavy atom. The van der Waals surface area contributed by atoms with E-state index in [1.165, 1.54) is 0 Å². The maximum Gasteiger partial charge on any atom is 0.123 e. The molecule has 0 unspecified atom stereocenters. The average molecular weight is 236 g/mol. The van der Waals surface area contributed by atoms with Crippen LogP contribution < -0.4 is 10.5 Å². The summed E-state index contributed by atoms with van der Waals surface area (Å²) in [5, 5.41) is 0. The number of hydrogen-bond donors (Lipinski definition) is 1. The van der Waals surface area contributed by atoms with Crippen molar-refractivity contribution in [3.8, 4) is 5.75 Å². The lowest BCUT2D eigenvalue weighted by atomic mass is 10.2. The highest BCUT2D eigenvalue weighted by Gasteiger charge is 2.03. The highest BCUT2D eigenvalue weighted by atomic mass is 16.5. The number of benzene rings is 1. The van der Waals surface area contributed by atoms with Crippen LogP contribution in [0, 0.1) is 0 Å². The first kappa shape index (κ1) is 14.0. The predicted octanol–water partition coefficient (Wildman–Crippen LogP) is 2.25. The van der Waals surface area contributed by atoms with Gasteiger partial charge in [0.15, 0.2) is 0 Å². The van der Waals surface area contributed by atoms with Crippen LogP contribution in [0.3, 0.4) is 0 Å². The van der Waals surface area contributed by atoms with Gasteiger partial charge >= 0.3 is 0 Å². The Morgan fingerprint density at radius 2 is 2.00 bits per heavy atom. The van der Waals surface area contributed by atoms with Gasteiger partial charge in [-0.25, -0.2) is 0 Å². The molecule has 0 bridgehead atoms. The topological polar surface area (TPSA) is 38.5 Å². The van der Waals surface area contributed by atoms with Gasteiger partial charge < -0.3 is 15.4 Å². The fourth-order valence-corrected chi connectivity index (χ4v) is 1.57. The summed E-state index contributed by atoms with van der Waals surface area (Å²) < 4.78 is 5.75. The molecule has 3 heteroatoms. The molecule has 2 N–H and O–H groups in total. The van der Waals surface area contributed by atoms with E-state index in [2.05, 4.69) is 25.8 Å². The molecule has 0 aliphatic rings. The smallest absolute Gasteiger partial charge is 0.123 e. The van der Waals surface area contributed by atoms with Crippen molar-refractivity contribution in [2.45, 2.75) is 32.9 Å². The van der Waals surface area contributed by atoms with Gasteiger partial charge in [0.1, 0.15) is 5.75 Å². The third-order valence-electron chi connectivity index (χ3n) is 2.99. The van der Waals surface area contributed by atoms with E-state index in [1.54, 1.807) is 0 Å². The SMILES string of the molecule is CC(C)N(C)CCCOc1ccccc1CN. The van der Waals surface area contributed by atoms with Gasteiger partial charge in [-0.05, 0) is 33.4 Å². The van der Waals surface area contributed by atoms with Crippen LogP contribution in [0.5, 0.6) is 5.75 Å². The molecule has 17 heavy (non-hydrogen) atoms. The number of ether oxygens (including phenoxy) is 1. The Balaban J connectivity index is 2.31. The van der Waals surface area contributed by atoms with E-state index in [0.29, 0.717) is 12.6 Å². The molecule has 1 aromatic carbocycles. The highest BCUT2D eigenvalue weighted by Crippen LogP contribution is 2.17. The summed E-state index contributed by atoms with van der Waals surface area (Å²) in [6.45, 7) is 6.73. The predicted molar refractivity (Wildman–Crippen MR) is 72.2 cm³/mol. The fourth-order valence-electron chi connectivity index (χ4n) is 1.57. The minimum atomic E-state index is 0.530. The van der Waals surface area contributed by atoms with Gasteiger partial charge in [-0.1, -0.05) is 18.2 Å². The zero-order valence-corrected chi connectivity index (χ0v) is 11.1. The normalized spacial score (nSPS) is 11.2. The van der Waals surface area contributed by atoms with Crippen LogP contribution in [0.15, 0.2) is 24.3 Å². The molecule has 0 saturated carbocycles. The Kier molecular flexibility index (Phi) is 6.01. The summed E-state index contributed by atoms with van der Waals surface area (Å²) in [5.74, 6) is 0.919. The second-order valence-electron chi connectivity index (χ2n) is 4.59. The molecular weight excluding hydrogens is 212 g/mol. The van der Waals surface area contributed by atoms with E-state index < -0.39 is 0 Å². The summed E-state index contributed by atoms with van der Waals surface area (Å²) in [6.07, 6.45) is 1.04. The van der Waals surface area contributed by atoms with Crippen molar-refractivity contribution in [1.82, 2.24) is 4.90 Å². The van der Waals surface area contributed by atoms with Crippen LogP contribution in [0.1, 0.15) is 25.8 Å². The van der Waals surface area contributed by atoms with Crippen LogP contribution in [-0.2, 0) is 6.54 Å². The van der Waals surface area contributed by atoms with Crippen LogP contribution in [0.4, 0.5) is 0 Å². The summed E-state index contributed by atoms with van der Waals surface area (Å²) >= 11 is 0. The second-order valence-corrected chi connectivity index (χ2v) is 4.59. The molecule has 0 fully saturated rings. The largest absolute Gasteiger partial charge is 0.493 e. The molecule has 3 nitrogen and oxygen atoms in total. The first-order valence-corrected chi connectivity index (χ1v) is 6.26. The fraction of sp³-hybridized carbons (Fsp3) is 0.571. The average Bonchev–Trinajstić information content (AvgIpc) is 2.34. The monoisotopic (exact) mass is 236 g/mol. The van der Waals surface area contributed by atoms with Crippen molar-refractivity contribution in [2.24, 2.45) is 5.73 Å². The van der Waals surface area contributed by atoms with E-state index in [1.807, 2.05) is 24.3 Å². The van der Waals surface area contributed by atoms with Crippen molar-refractivity contribution in [2.75, 3.05) is 20.2 Å². The standard InChI is InChI=1S/C14H24N2O/c1-12(2)16(3)9-6-10-17-14-8-5-4-7-13(14)11-15/h4-5,7-8,12H,6,9-11,15H2,1-3H3. The molecule has 0 aromatic heterocycles. The molecule has 0 aliphatic heterocycles. The lowest BCUT2D eigenvalue weighted by Crippen LogP contribution is -2.28. The van der Waals surface area contributed by atoms with Gasteiger partial charge in [0.05, 0.1) is 6.61 Å². The molecule has 0 radical (unpaired) electrons. The first-order chi connectivity index (χ1) is 8.15. The summed E-state index contributed by atoms with van der Waals surface area (Å²) in [5.41, 5.74) is 6.73. The van der Waals surface area contributed by atoms with Gasteiger partial charge in [0, 0.05) is 24.7 Å². The minimum Gasteiger partial charge on any atom is -0.493 e. The Bertz CT molecular complexity index is 326. The maximum atomic E-state index is 5.75. The number of nitrogens with zero attached hydrogens (tertiary/aromatic N) is 1. The van der Waals surface area contributed by atoms with E-state index in [0.717, 1.165) is 30.9 Å². The van der Waals surface area contributed by atoms with E-state index in [-0.39, 0.29) is 0 Å². The molecular formula is C14H24N2O. The van der Waals surface area contributed by atoms with Gasteiger partial charge in [0.25, 0.3) is 0 Å². The highest BCUT2D eigenvalue weighted by molar-refractivity contribution is 5.32. The molecule has 1 rings (SSSR count). The van der Waals surface area contributed by atoms with Crippen LogP contribution in [-0.4, -0.2) is 31.1 Å². The van der Waals surface area contributed by atoms with Crippen LogP contribution in [0.25, 0.3) is 0 Å². The minimum absolute atomic E-state index is 0.530. The van der Waals surface area contributed by atoms with E-state index >= 15 is 0 Å². The number of hydrogen-bond acceptors (Lipinski definition) is 3. The van der Waals surface area contributed by atoms with Gasteiger partial charge in [-0.3, -0.25) is 0 Å². The molecule has 1 aromatic rings. The lowest BCUT2D eigenvalue weighted by Gasteiger charge is -2.20. The van der Waals surface area contributed by atoms with Gasteiger partial charge in [-0.2, -0.15) is 0 Å². The molecule has 0 atom stereocenters. The molecule has 0 heterocycles. The van der Waals surface area contributed by atoms with Crippen molar-refractivity contribution in [1.29, 1.82) is 0 Å². The van der Waals surface area contributed by atoms with Crippen LogP contribution in [0.2, 0.25) is 0 Å². The Morgan fingerprint density at radius 3 is 2.65 bits per heavy atom.